The molecule has 2 heteroatoms. The highest BCUT2D eigenvalue weighted by molar-refractivity contribution is 5.91. The van der Waals surface area contributed by atoms with Crippen LogP contribution in [0, 0.1) is 27.7 Å². The first-order valence-corrected chi connectivity index (χ1v) is 6.32. The van der Waals surface area contributed by atoms with E-state index in [4.69, 9.17) is 0 Å². The van der Waals surface area contributed by atoms with E-state index in [1.165, 1.54) is 38.7 Å². The maximum Gasteiger partial charge on any atom is 0.0856 e. The van der Waals surface area contributed by atoms with Crippen LogP contribution in [0.5, 0.6) is 0 Å². The Hall–Kier alpha value is -1.28. The molecule has 0 amide bonds. The fourth-order valence-electron chi connectivity index (χ4n) is 2.66. The summed E-state index contributed by atoms with van der Waals surface area (Å²) in [5, 5.41) is 1.42. The van der Waals surface area contributed by atoms with Crippen molar-refractivity contribution >= 4 is 10.9 Å². The van der Waals surface area contributed by atoms with E-state index in [0.29, 0.717) is 6.04 Å². The zero-order valence-electron chi connectivity index (χ0n) is 11.6. The van der Waals surface area contributed by atoms with Crippen molar-refractivity contribution in [2.45, 2.75) is 47.1 Å². The second kappa shape index (κ2) is 4.19. The van der Waals surface area contributed by atoms with Crippen molar-refractivity contribution in [2.24, 2.45) is 0 Å². The molecule has 0 aliphatic carbocycles. The molecule has 0 radical (unpaired) electrons. The lowest BCUT2D eigenvalue weighted by atomic mass is 9.93. The van der Waals surface area contributed by atoms with Crippen molar-refractivity contribution in [3.05, 3.63) is 34.0 Å². The van der Waals surface area contributed by atoms with E-state index in [9.17, 15) is 0 Å². The molecule has 0 bridgehead atoms. The molecular weight excluding hydrogens is 208 g/mol. The van der Waals surface area contributed by atoms with Gasteiger partial charge in [-0.25, -0.2) is 0 Å². The van der Waals surface area contributed by atoms with E-state index in [1.807, 2.05) is 0 Å². The SMILES string of the molecule is Cc1c(C)c(C)c2c(C[C@H](C)[NH3+])c[nH]c2c1C. The smallest absolute Gasteiger partial charge is 0.0856 e. The van der Waals surface area contributed by atoms with Gasteiger partial charge >= 0.3 is 0 Å². The maximum atomic E-state index is 4.10. The number of H-pyrrole nitrogens is 1. The van der Waals surface area contributed by atoms with E-state index in [-0.39, 0.29) is 0 Å². The highest BCUT2D eigenvalue weighted by Gasteiger charge is 2.15. The van der Waals surface area contributed by atoms with Gasteiger partial charge in [-0.05, 0) is 62.4 Å². The van der Waals surface area contributed by atoms with Crippen molar-refractivity contribution < 1.29 is 5.73 Å². The van der Waals surface area contributed by atoms with Crippen LogP contribution in [0.15, 0.2) is 6.20 Å². The summed E-state index contributed by atoms with van der Waals surface area (Å²) in [5.74, 6) is 0. The molecule has 1 atom stereocenters. The number of aromatic nitrogens is 1. The summed E-state index contributed by atoms with van der Waals surface area (Å²) < 4.78 is 0. The Bertz CT molecular complexity index is 562. The van der Waals surface area contributed by atoms with E-state index >= 15 is 0 Å². The average molecular weight is 231 g/mol. The molecule has 0 aliphatic rings. The molecule has 17 heavy (non-hydrogen) atoms. The minimum absolute atomic E-state index is 0.454. The lowest BCUT2D eigenvalue weighted by Crippen LogP contribution is -2.60. The molecule has 1 aromatic heterocycles. The van der Waals surface area contributed by atoms with Gasteiger partial charge in [-0.2, -0.15) is 0 Å². The topological polar surface area (TPSA) is 43.4 Å². The highest BCUT2D eigenvalue weighted by Crippen LogP contribution is 2.31. The summed E-state index contributed by atoms with van der Waals surface area (Å²) in [4.78, 5) is 3.44. The average Bonchev–Trinajstić information content (AvgIpc) is 2.66. The van der Waals surface area contributed by atoms with Gasteiger partial charge in [0.2, 0.25) is 0 Å². The van der Waals surface area contributed by atoms with Gasteiger partial charge in [0.1, 0.15) is 0 Å². The zero-order chi connectivity index (χ0) is 12.7. The fourth-order valence-corrected chi connectivity index (χ4v) is 2.66. The van der Waals surface area contributed by atoms with Gasteiger partial charge in [0, 0.05) is 23.5 Å². The van der Waals surface area contributed by atoms with Crippen LogP contribution in [-0.2, 0) is 6.42 Å². The zero-order valence-corrected chi connectivity index (χ0v) is 11.6. The third-order valence-electron chi connectivity index (χ3n) is 3.97. The molecule has 0 saturated carbocycles. The quantitative estimate of drug-likeness (QED) is 0.798. The lowest BCUT2D eigenvalue weighted by Gasteiger charge is -2.12. The van der Waals surface area contributed by atoms with E-state index in [1.54, 1.807) is 0 Å². The van der Waals surface area contributed by atoms with Gasteiger partial charge in [0.15, 0.2) is 0 Å². The van der Waals surface area contributed by atoms with Crippen molar-refractivity contribution in [1.82, 2.24) is 4.98 Å². The second-order valence-electron chi connectivity index (χ2n) is 5.37. The molecule has 0 aliphatic heterocycles. The van der Waals surface area contributed by atoms with Crippen molar-refractivity contribution in [2.75, 3.05) is 0 Å². The minimum atomic E-state index is 0.454. The molecule has 2 nitrogen and oxygen atoms in total. The third kappa shape index (κ3) is 1.87. The van der Waals surface area contributed by atoms with E-state index < -0.39 is 0 Å². The van der Waals surface area contributed by atoms with E-state index in [0.717, 1.165) is 6.42 Å². The van der Waals surface area contributed by atoms with Crippen LogP contribution in [0.3, 0.4) is 0 Å². The first-order chi connectivity index (χ1) is 7.93. The molecule has 0 saturated heterocycles. The van der Waals surface area contributed by atoms with Crippen LogP contribution in [0.1, 0.15) is 34.7 Å². The number of fused-ring (bicyclic) bond motifs is 1. The van der Waals surface area contributed by atoms with Gasteiger partial charge in [-0.15, -0.1) is 0 Å². The molecule has 0 fully saturated rings. The molecule has 2 rings (SSSR count). The van der Waals surface area contributed by atoms with Crippen LogP contribution in [-0.4, -0.2) is 11.0 Å². The summed E-state index contributed by atoms with van der Waals surface area (Å²) in [6.45, 7) is 11.0. The normalized spacial score (nSPS) is 13.3. The standard InChI is InChI=1S/C15H22N2/c1-8(16)6-13-7-17-15-12(5)10(3)9(2)11(4)14(13)15/h7-8,17H,6,16H2,1-5H3/p+1/t8-/m0/s1. The number of hydrogen-bond acceptors (Lipinski definition) is 0. The predicted molar refractivity (Wildman–Crippen MR) is 73.3 cm³/mol. The number of rotatable bonds is 2. The predicted octanol–water partition coefficient (Wildman–Crippen LogP) is 2.57. The Kier molecular flexibility index (Phi) is 3.00. The lowest BCUT2D eigenvalue weighted by molar-refractivity contribution is -0.413. The van der Waals surface area contributed by atoms with Gasteiger partial charge < -0.3 is 10.7 Å². The number of aryl methyl sites for hydroxylation is 2. The number of quaternary nitrogens is 1. The summed E-state index contributed by atoms with van der Waals surface area (Å²) in [5.41, 5.74) is 12.4. The summed E-state index contributed by atoms with van der Waals surface area (Å²) in [7, 11) is 0. The Labute approximate surface area is 103 Å². The van der Waals surface area contributed by atoms with Gasteiger partial charge in [-0.3, -0.25) is 0 Å². The molecule has 92 valence electrons. The molecule has 0 unspecified atom stereocenters. The maximum absolute atomic E-state index is 4.10. The molecule has 1 heterocycles. The Morgan fingerprint density at radius 3 is 2.24 bits per heavy atom. The molecule has 0 spiro atoms. The van der Waals surface area contributed by atoms with Crippen molar-refractivity contribution in [1.29, 1.82) is 0 Å². The molecule has 2 aromatic rings. The Morgan fingerprint density at radius 1 is 1.06 bits per heavy atom. The first kappa shape index (κ1) is 12.2. The molecular formula is C15H23N2+. The number of hydrogen-bond donors (Lipinski definition) is 2. The number of benzene rings is 1. The highest BCUT2D eigenvalue weighted by atomic mass is 14.7. The second-order valence-corrected chi connectivity index (χ2v) is 5.37. The Morgan fingerprint density at radius 2 is 1.65 bits per heavy atom. The van der Waals surface area contributed by atoms with Crippen LogP contribution < -0.4 is 5.73 Å². The van der Waals surface area contributed by atoms with E-state index in [2.05, 4.69) is 51.5 Å². The van der Waals surface area contributed by atoms with Crippen molar-refractivity contribution in [3.63, 3.8) is 0 Å². The molecule has 4 N–H and O–H groups in total. The minimum Gasteiger partial charge on any atom is -0.361 e. The monoisotopic (exact) mass is 231 g/mol. The van der Waals surface area contributed by atoms with Gasteiger partial charge in [-0.1, -0.05) is 0 Å². The van der Waals surface area contributed by atoms with Crippen LogP contribution in [0.4, 0.5) is 0 Å². The van der Waals surface area contributed by atoms with Crippen LogP contribution in [0.25, 0.3) is 10.9 Å². The Balaban J connectivity index is 2.76. The number of aromatic amines is 1. The fraction of sp³-hybridized carbons (Fsp3) is 0.467. The van der Waals surface area contributed by atoms with Gasteiger partial charge in [0.25, 0.3) is 0 Å². The third-order valence-corrected chi connectivity index (χ3v) is 3.97. The first-order valence-electron chi connectivity index (χ1n) is 6.32. The number of nitrogens with one attached hydrogen (secondary N) is 1. The molecule has 1 aromatic carbocycles. The van der Waals surface area contributed by atoms with Crippen LogP contribution in [0.2, 0.25) is 0 Å². The van der Waals surface area contributed by atoms with Crippen molar-refractivity contribution in [3.8, 4) is 0 Å². The van der Waals surface area contributed by atoms with Crippen LogP contribution >= 0.6 is 0 Å². The van der Waals surface area contributed by atoms with Gasteiger partial charge in [0.05, 0.1) is 6.04 Å². The summed E-state index contributed by atoms with van der Waals surface area (Å²) in [6.07, 6.45) is 3.20. The largest absolute Gasteiger partial charge is 0.361 e. The summed E-state index contributed by atoms with van der Waals surface area (Å²) in [6, 6.07) is 0.454. The summed E-state index contributed by atoms with van der Waals surface area (Å²) >= 11 is 0.